The Bertz CT molecular complexity index is 1270. The molecule has 0 radical (unpaired) electrons. The fraction of sp³-hybridized carbons (Fsp3) is 0.367. The van der Waals surface area contributed by atoms with Gasteiger partial charge in [0.2, 0.25) is 5.91 Å². The number of ether oxygens (including phenoxy) is 2. The van der Waals surface area contributed by atoms with E-state index in [-0.39, 0.29) is 12.1 Å². The normalized spacial score (nSPS) is 15.9. The number of nitrogens with zero attached hydrogens (tertiary/aromatic N) is 3. The van der Waals surface area contributed by atoms with Crippen molar-refractivity contribution >= 4 is 35.4 Å². The maximum atomic E-state index is 14.3. The summed E-state index contributed by atoms with van der Waals surface area (Å²) in [5, 5.41) is 2.11. The molecule has 1 heterocycles. The lowest BCUT2D eigenvalue weighted by Crippen LogP contribution is -2.64. The molecule has 2 atom stereocenters. The Balaban J connectivity index is 2.26. The van der Waals surface area contributed by atoms with Gasteiger partial charge in [0.25, 0.3) is 11.7 Å². The standard InChI is InChI=1S/C30H35N3O7/c1-19(2)26-28(36)33(25(18-31(26)30(38)39-6)23-15-11-8-12-16-23)32(21(5)34)24(17-22-13-9-7-10-14-22)27(35)29(37)40-20(3)4/h7-16,18-20,24,26H,17H2,1-6H3/t24-,26?/m0/s1. The number of hydrogen-bond acceptors (Lipinski definition) is 7. The molecule has 1 aliphatic rings. The molecule has 0 aromatic heterocycles. The molecule has 2 aromatic carbocycles. The molecule has 1 unspecified atom stereocenters. The smallest absolute Gasteiger partial charge is 0.414 e. The summed E-state index contributed by atoms with van der Waals surface area (Å²) in [6, 6.07) is 15.0. The number of methoxy groups -OCH3 is 1. The molecule has 0 fully saturated rings. The van der Waals surface area contributed by atoms with Crippen LogP contribution in [0.5, 0.6) is 0 Å². The summed E-state index contributed by atoms with van der Waals surface area (Å²) < 4.78 is 10.1. The Morgan fingerprint density at radius 1 is 0.925 bits per heavy atom. The van der Waals surface area contributed by atoms with Crippen molar-refractivity contribution in [3.63, 3.8) is 0 Å². The van der Waals surface area contributed by atoms with E-state index in [0.29, 0.717) is 11.1 Å². The van der Waals surface area contributed by atoms with Gasteiger partial charge in [-0.1, -0.05) is 74.5 Å². The number of ketones is 1. The van der Waals surface area contributed by atoms with Crippen LogP contribution in [0.1, 0.15) is 45.7 Å². The fourth-order valence-corrected chi connectivity index (χ4v) is 4.57. The number of esters is 1. The third-order valence-electron chi connectivity index (χ3n) is 6.29. The monoisotopic (exact) mass is 549 g/mol. The van der Waals surface area contributed by atoms with Crippen molar-refractivity contribution in [3.05, 3.63) is 78.0 Å². The minimum Gasteiger partial charge on any atom is -0.457 e. The van der Waals surface area contributed by atoms with E-state index in [1.807, 2.05) is 0 Å². The van der Waals surface area contributed by atoms with Gasteiger partial charge in [0.15, 0.2) is 0 Å². The minimum atomic E-state index is -1.42. The van der Waals surface area contributed by atoms with Crippen LogP contribution in [0.2, 0.25) is 0 Å². The number of hydrazine groups is 1. The van der Waals surface area contributed by atoms with Gasteiger partial charge in [-0.15, -0.1) is 0 Å². The van der Waals surface area contributed by atoms with Gasteiger partial charge < -0.3 is 9.47 Å². The topological polar surface area (TPSA) is 114 Å². The summed E-state index contributed by atoms with van der Waals surface area (Å²) in [5.41, 5.74) is 1.32. The highest BCUT2D eigenvalue weighted by atomic mass is 16.5. The Morgan fingerprint density at radius 2 is 1.50 bits per heavy atom. The number of Topliss-reactive ketones (excluding diaryl/α,β-unsaturated/α-hetero) is 1. The third kappa shape index (κ3) is 6.56. The summed E-state index contributed by atoms with van der Waals surface area (Å²) in [4.78, 5) is 68.2. The van der Waals surface area contributed by atoms with E-state index in [1.165, 1.54) is 25.1 Å². The minimum absolute atomic E-state index is 0.0641. The van der Waals surface area contributed by atoms with Crippen molar-refractivity contribution < 1.29 is 33.4 Å². The van der Waals surface area contributed by atoms with Crippen LogP contribution in [0.25, 0.3) is 5.70 Å². The quantitative estimate of drug-likeness (QED) is 0.345. The van der Waals surface area contributed by atoms with E-state index < -0.39 is 53.8 Å². The molecule has 2 aromatic rings. The maximum absolute atomic E-state index is 14.3. The first kappa shape index (κ1) is 30.1. The Morgan fingerprint density at radius 3 is 2.00 bits per heavy atom. The predicted molar refractivity (Wildman–Crippen MR) is 147 cm³/mol. The second-order valence-electron chi connectivity index (χ2n) is 9.98. The molecule has 3 amide bonds. The lowest BCUT2D eigenvalue weighted by molar-refractivity contribution is -0.171. The van der Waals surface area contributed by atoms with Crippen LogP contribution in [-0.2, 0) is 35.1 Å². The molecule has 10 nitrogen and oxygen atoms in total. The van der Waals surface area contributed by atoms with Gasteiger partial charge in [0.05, 0.1) is 18.9 Å². The van der Waals surface area contributed by atoms with Crippen LogP contribution < -0.4 is 0 Å². The highest BCUT2D eigenvalue weighted by molar-refractivity contribution is 6.36. The van der Waals surface area contributed by atoms with Gasteiger partial charge in [0.1, 0.15) is 12.1 Å². The van der Waals surface area contributed by atoms with E-state index >= 15 is 0 Å². The largest absolute Gasteiger partial charge is 0.457 e. The summed E-state index contributed by atoms with van der Waals surface area (Å²) in [7, 11) is 1.21. The average Bonchev–Trinajstić information content (AvgIpc) is 2.92. The van der Waals surface area contributed by atoms with Gasteiger partial charge in [-0.3, -0.25) is 19.3 Å². The number of hydrogen-bond donors (Lipinski definition) is 0. The molecule has 0 aliphatic carbocycles. The van der Waals surface area contributed by atoms with Gasteiger partial charge in [-0.25, -0.2) is 19.6 Å². The van der Waals surface area contributed by atoms with Crippen LogP contribution in [0.3, 0.4) is 0 Å². The van der Waals surface area contributed by atoms with E-state index in [1.54, 1.807) is 88.4 Å². The van der Waals surface area contributed by atoms with Crippen molar-refractivity contribution in [2.75, 3.05) is 7.11 Å². The molecule has 3 rings (SSSR count). The number of rotatable bonds is 9. The lowest BCUT2D eigenvalue weighted by Gasteiger charge is -2.46. The summed E-state index contributed by atoms with van der Waals surface area (Å²) in [6.45, 7) is 7.94. The number of amides is 3. The molecule has 40 heavy (non-hydrogen) atoms. The van der Waals surface area contributed by atoms with Crippen molar-refractivity contribution in [1.29, 1.82) is 0 Å². The van der Waals surface area contributed by atoms with Crippen molar-refractivity contribution in [3.8, 4) is 0 Å². The SMILES string of the molecule is COC(=O)N1C=C(c2ccccc2)N(N(C(C)=O)[C@@H](Cc2ccccc2)C(=O)C(=O)OC(C)C)C(=O)C1C(C)C. The number of benzene rings is 2. The Labute approximate surface area is 234 Å². The zero-order valence-corrected chi connectivity index (χ0v) is 23.6. The summed E-state index contributed by atoms with van der Waals surface area (Å²) in [5.74, 6) is -3.79. The molecular formula is C30H35N3O7. The number of carbonyl (C=O) groups excluding carboxylic acids is 5. The van der Waals surface area contributed by atoms with E-state index in [2.05, 4.69) is 0 Å². The molecule has 0 saturated heterocycles. The van der Waals surface area contributed by atoms with E-state index in [9.17, 15) is 24.0 Å². The predicted octanol–water partition coefficient (Wildman–Crippen LogP) is 3.82. The zero-order valence-electron chi connectivity index (χ0n) is 23.6. The fourth-order valence-electron chi connectivity index (χ4n) is 4.57. The molecule has 0 N–H and O–H groups in total. The first-order chi connectivity index (χ1) is 19.0. The van der Waals surface area contributed by atoms with Gasteiger partial charge in [-0.2, -0.15) is 0 Å². The van der Waals surface area contributed by atoms with Gasteiger partial charge >= 0.3 is 12.1 Å². The van der Waals surface area contributed by atoms with Crippen LogP contribution >= 0.6 is 0 Å². The Hall–Kier alpha value is -4.47. The third-order valence-corrected chi connectivity index (χ3v) is 6.29. The first-order valence-corrected chi connectivity index (χ1v) is 13.0. The van der Waals surface area contributed by atoms with E-state index in [0.717, 1.165) is 10.0 Å². The average molecular weight is 550 g/mol. The second kappa shape index (κ2) is 13.1. The van der Waals surface area contributed by atoms with Crippen LogP contribution in [0.15, 0.2) is 66.9 Å². The van der Waals surface area contributed by atoms with Gasteiger partial charge in [0, 0.05) is 25.1 Å². The molecule has 1 aliphatic heterocycles. The molecule has 0 spiro atoms. The molecule has 212 valence electrons. The molecule has 10 heteroatoms. The van der Waals surface area contributed by atoms with E-state index in [4.69, 9.17) is 9.47 Å². The second-order valence-corrected chi connectivity index (χ2v) is 9.98. The highest BCUT2D eigenvalue weighted by Gasteiger charge is 2.47. The van der Waals surface area contributed by atoms with Crippen LogP contribution in [-0.4, -0.2) is 69.9 Å². The highest BCUT2D eigenvalue weighted by Crippen LogP contribution is 2.33. The zero-order chi connectivity index (χ0) is 29.6. The first-order valence-electron chi connectivity index (χ1n) is 13.0. The van der Waals surface area contributed by atoms with Crippen LogP contribution in [0.4, 0.5) is 4.79 Å². The maximum Gasteiger partial charge on any atom is 0.414 e. The molecular weight excluding hydrogens is 514 g/mol. The van der Waals surface area contributed by atoms with Crippen LogP contribution in [0, 0.1) is 5.92 Å². The number of carbonyl (C=O) groups is 5. The molecule has 0 saturated carbocycles. The molecule has 0 bridgehead atoms. The van der Waals surface area contributed by atoms with Crippen molar-refractivity contribution in [2.24, 2.45) is 5.92 Å². The summed E-state index contributed by atoms with van der Waals surface area (Å²) >= 11 is 0. The summed E-state index contributed by atoms with van der Waals surface area (Å²) in [6.07, 6.45) is 0.0345. The lowest BCUT2D eigenvalue weighted by atomic mass is 9.97. The van der Waals surface area contributed by atoms with Crippen molar-refractivity contribution in [1.82, 2.24) is 14.9 Å². The Kier molecular flexibility index (Phi) is 9.82. The van der Waals surface area contributed by atoms with Gasteiger partial charge in [-0.05, 0) is 25.3 Å². The van der Waals surface area contributed by atoms with Crippen molar-refractivity contribution in [2.45, 2.75) is 59.2 Å².